The Morgan fingerprint density at radius 1 is 1.41 bits per heavy atom. The van der Waals surface area contributed by atoms with Crippen molar-refractivity contribution in [2.75, 3.05) is 0 Å². The van der Waals surface area contributed by atoms with Crippen molar-refractivity contribution in [2.45, 2.75) is 33.2 Å². The molecule has 0 saturated heterocycles. The highest BCUT2D eigenvalue weighted by Gasteiger charge is 2.21. The number of rotatable bonds is 4. The van der Waals surface area contributed by atoms with E-state index in [-0.39, 0.29) is 11.9 Å². The zero-order chi connectivity index (χ0) is 15.9. The molecule has 1 amide bonds. The number of aryl methyl sites for hydroxylation is 3. The highest BCUT2D eigenvalue weighted by atomic mass is 32.1. The third-order valence-electron chi connectivity index (χ3n) is 3.84. The lowest BCUT2D eigenvalue weighted by molar-refractivity contribution is 0.0936. The van der Waals surface area contributed by atoms with Gasteiger partial charge in [-0.1, -0.05) is 6.92 Å². The van der Waals surface area contributed by atoms with Gasteiger partial charge in [-0.2, -0.15) is 5.10 Å². The smallest absolute Gasteiger partial charge is 0.257 e. The summed E-state index contributed by atoms with van der Waals surface area (Å²) >= 11 is 1.64. The summed E-state index contributed by atoms with van der Waals surface area (Å²) in [6, 6.07) is -0.0693. The summed E-state index contributed by atoms with van der Waals surface area (Å²) in [6.45, 7) is 6.10. The van der Waals surface area contributed by atoms with Crippen molar-refractivity contribution >= 4 is 22.9 Å². The highest BCUT2D eigenvalue weighted by Crippen LogP contribution is 2.25. The van der Waals surface area contributed by atoms with Gasteiger partial charge in [0.1, 0.15) is 16.2 Å². The average molecular weight is 317 g/mol. The molecule has 116 valence electrons. The van der Waals surface area contributed by atoms with Crippen LogP contribution in [0.3, 0.4) is 0 Å². The lowest BCUT2D eigenvalue weighted by Gasteiger charge is -2.14. The Balaban J connectivity index is 1.87. The number of aromatic nitrogens is 4. The van der Waals surface area contributed by atoms with Gasteiger partial charge in [-0.05, 0) is 20.3 Å². The molecule has 7 heteroatoms. The Morgan fingerprint density at radius 3 is 2.82 bits per heavy atom. The molecule has 0 saturated carbocycles. The van der Waals surface area contributed by atoms with Gasteiger partial charge < -0.3 is 9.88 Å². The molecular formula is C15H19N5OS. The van der Waals surface area contributed by atoms with Crippen molar-refractivity contribution in [3.63, 3.8) is 0 Å². The first-order valence-corrected chi connectivity index (χ1v) is 8.06. The Labute approximate surface area is 132 Å². The van der Waals surface area contributed by atoms with Gasteiger partial charge in [-0.3, -0.25) is 4.79 Å². The first-order valence-electron chi connectivity index (χ1n) is 7.24. The fraction of sp³-hybridized carbons (Fsp3) is 0.400. The van der Waals surface area contributed by atoms with Crippen molar-refractivity contribution in [3.05, 3.63) is 39.7 Å². The standard InChI is InChI=1S/C15H19N5OS/c1-5-12(14-17-9(2)10(3)22-14)18-13(21)11-8-16-20-7-6-19(4)15(11)20/h6-8,12H,5H2,1-4H3,(H,18,21). The molecule has 3 heterocycles. The van der Waals surface area contributed by atoms with E-state index in [4.69, 9.17) is 0 Å². The minimum atomic E-state index is -0.117. The lowest BCUT2D eigenvalue weighted by atomic mass is 10.2. The quantitative estimate of drug-likeness (QED) is 0.804. The SMILES string of the molecule is CCC(NC(=O)c1cnn2ccn(C)c12)c1nc(C)c(C)s1. The molecule has 0 bridgehead atoms. The topological polar surface area (TPSA) is 64.2 Å². The first kappa shape index (κ1) is 14.8. The monoisotopic (exact) mass is 317 g/mol. The van der Waals surface area contributed by atoms with Crippen LogP contribution >= 0.6 is 11.3 Å². The van der Waals surface area contributed by atoms with Gasteiger partial charge in [0.2, 0.25) is 0 Å². The number of carbonyl (C=O) groups excluding carboxylic acids is 1. The maximum Gasteiger partial charge on any atom is 0.257 e. The number of fused-ring (bicyclic) bond motifs is 1. The second-order valence-electron chi connectivity index (χ2n) is 5.36. The molecule has 0 fully saturated rings. The van der Waals surface area contributed by atoms with Crippen LogP contribution < -0.4 is 5.32 Å². The summed E-state index contributed by atoms with van der Waals surface area (Å²) in [7, 11) is 1.90. The van der Waals surface area contributed by atoms with Crippen LogP contribution in [0.5, 0.6) is 0 Å². The number of nitrogens with one attached hydrogen (secondary N) is 1. The molecule has 3 aromatic rings. The van der Waals surface area contributed by atoms with E-state index >= 15 is 0 Å². The molecule has 0 aliphatic carbocycles. The molecule has 3 aromatic heterocycles. The number of thiazole rings is 1. The minimum absolute atomic E-state index is 0.0693. The molecule has 1 unspecified atom stereocenters. The average Bonchev–Trinajstić information content (AvgIpc) is 3.15. The fourth-order valence-corrected chi connectivity index (χ4v) is 3.49. The predicted molar refractivity (Wildman–Crippen MR) is 86.2 cm³/mol. The van der Waals surface area contributed by atoms with Crippen molar-refractivity contribution in [3.8, 4) is 0 Å². The summed E-state index contributed by atoms with van der Waals surface area (Å²) in [5, 5.41) is 8.24. The van der Waals surface area contributed by atoms with E-state index in [2.05, 4.69) is 22.3 Å². The maximum absolute atomic E-state index is 12.6. The zero-order valence-electron chi connectivity index (χ0n) is 13.1. The van der Waals surface area contributed by atoms with Gasteiger partial charge >= 0.3 is 0 Å². The van der Waals surface area contributed by atoms with Gasteiger partial charge in [-0.25, -0.2) is 9.50 Å². The van der Waals surface area contributed by atoms with Crippen LogP contribution in [0.25, 0.3) is 5.65 Å². The van der Waals surface area contributed by atoms with Crippen LogP contribution in [0.2, 0.25) is 0 Å². The molecule has 3 rings (SSSR count). The molecule has 1 atom stereocenters. The Kier molecular flexibility index (Phi) is 3.74. The maximum atomic E-state index is 12.6. The molecule has 0 aromatic carbocycles. The summed E-state index contributed by atoms with van der Waals surface area (Å²) in [5.74, 6) is -0.117. The molecule has 6 nitrogen and oxygen atoms in total. The third-order valence-corrected chi connectivity index (χ3v) is 5.02. The fourth-order valence-electron chi connectivity index (χ4n) is 2.43. The number of hydrogen-bond donors (Lipinski definition) is 1. The first-order chi connectivity index (χ1) is 10.5. The van der Waals surface area contributed by atoms with Gasteiger partial charge in [0.25, 0.3) is 5.91 Å². The number of nitrogens with zero attached hydrogens (tertiary/aromatic N) is 4. The Morgan fingerprint density at radius 2 is 2.18 bits per heavy atom. The predicted octanol–water partition coefficient (Wildman–Crippen LogP) is 2.63. The zero-order valence-corrected chi connectivity index (χ0v) is 13.9. The van der Waals surface area contributed by atoms with Gasteiger partial charge in [0.15, 0.2) is 0 Å². The second-order valence-corrected chi connectivity index (χ2v) is 6.60. The van der Waals surface area contributed by atoms with Crippen molar-refractivity contribution in [2.24, 2.45) is 7.05 Å². The molecule has 0 aliphatic rings. The van der Waals surface area contributed by atoms with Crippen molar-refractivity contribution in [1.29, 1.82) is 0 Å². The van der Waals surface area contributed by atoms with E-state index < -0.39 is 0 Å². The summed E-state index contributed by atoms with van der Waals surface area (Å²) < 4.78 is 3.59. The lowest BCUT2D eigenvalue weighted by Crippen LogP contribution is -2.28. The normalized spacial score (nSPS) is 12.7. The highest BCUT2D eigenvalue weighted by molar-refractivity contribution is 7.11. The molecular weight excluding hydrogens is 298 g/mol. The van der Waals surface area contributed by atoms with Crippen LogP contribution in [0.15, 0.2) is 18.6 Å². The molecule has 0 radical (unpaired) electrons. The molecule has 22 heavy (non-hydrogen) atoms. The van der Waals surface area contributed by atoms with Crippen LogP contribution in [-0.4, -0.2) is 25.1 Å². The van der Waals surface area contributed by atoms with E-state index in [1.165, 1.54) is 4.88 Å². The van der Waals surface area contributed by atoms with Gasteiger partial charge in [-0.15, -0.1) is 11.3 Å². The number of carbonyl (C=O) groups is 1. The van der Waals surface area contributed by atoms with Gasteiger partial charge in [0.05, 0.1) is 17.9 Å². The Hall–Kier alpha value is -2.15. The molecule has 0 aliphatic heterocycles. The van der Waals surface area contributed by atoms with E-state index in [0.717, 1.165) is 22.8 Å². The van der Waals surface area contributed by atoms with Crippen molar-refractivity contribution in [1.82, 2.24) is 24.5 Å². The molecule has 1 N–H and O–H groups in total. The molecule has 0 spiro atoms. The van der Waals surface area contributed by atoms with Crippen LogP contribution in [0.4, 0.5) is 0 Å². The number of hydrogen-bond acceptors (Lipinski definition) is 4. The minimum Gasteiger partial charge on any atom is -0.343 e. The summed E-state index contributed by atoms with van der Waals surface area (Å²) in [6.07, 6.45) is 6.12. The van der Waals surface area contributed by atoms with E-state index in [9.17, 15) is 4.79 Å². The van der Waals surface area contributed by atoms with Crippen LogP contribution in [-0.2, 0) is 7.05 Å². The van der Waals surface area contributed by atoms with Crippen molar-refractivity contribution < 1.29 is 4.79 Å². The van der Waals surface area contributed by atoms with E-state index in [0.29, 0.717) is 5.56 Å². The number of imidazole rings is 1. The van der Waals surface area contributed by atoms with Crippen LogP contribution in [0, 0.1) is 13.8 Å². The largest absolute Gasteiger partial charge is 0.343 e. The van der Waals surface area contributed by atoms with E-state index in [1.54, 1.807) is 22.0 Å². The summed E-state index contributed by atoms with van der Waals surface area (Å²) in [4.78, 5) is 18.4. The number of amides is 1. The van der Waals surface area contributed by atoms with Gasteiger partial charge in [0, 0.05) is 24.3 Å². The Bertz CT molecular complexity index is 809. The third kappa shape index (κ3) is 2.41. The summed E-state index contributed by atoms with van der Waals surface area (Å²) in [5.41, 5.74) is 2.40. The van der Waals surface area contributed by atoms with E-state index in [1.807, 2.05) is 37.9 Å². The van der Waals surface area contributed by atoms with Crippen LogP contribution in [0.1, 0.15) is 45.3 Å². The second kappa shape index (κ2) is 5.57.